The summed E-state index contributed by atoms with van der Waals surface area (Å²) in [7, 11) is 3.12. The molecule has 0 amide bonds. The Kier molecular flexibility index (Phi) is 3.65. The number of aromatic nitrogens is 2. The second-order valence-corrected chi connectivity index (χ2v) is 3.41. The summed E-state index contributed by atoms with van der Waals surface area (Å²) in [6, 6.07) is 0. The van der Waals surface area contributed by atoms with E-state index < -0.39 is 5.97 Å². The van der Waals surface area contributed by atoms with Crippen LogP contribution < -0.4 is 4.74 Å². The molecule has 88 valence electrons. The molecule has 0 radical (unpaired) electrons. The van der Waals surface area contributed by atoms with Crippen LogP contribution in [0.1, 0.15) is 28.9 Å². The Morgan fingerprint density at radius 3 is 2.56 bits per heavy atom. The van der Waals surface area contributed by atoms with Crippen LogP contribution >= 0.6 is 0 Å². The predicted octanol–water partition coefficient (Wildman–Crippen LogP) is 0.785. The van der Waals surface area contributed by atoms with Crippen LogP contribution in [0.15, 0.2) is 0 Å². The third-order valence-electron chi connectivity index (χ3n) is 2.21. The largest absolute Gasteiger partial charge is 0.481 e. The Bertz CT molecular complexity index is 423. The molecule has 1 rings (SSSR count). The molecular weight excluding hydrogens is 212 g/mol. The Morgan fingerprint density at radius 2 is 2.06 bits per heavy atom. The second-order valence-electron chi connectivity index (χ2n) is 3.41. The molecule has 0 atom stereocenters. The van der Waals surface area contributed by atoms with Crippen LogP contribution in [0.3, 0.4) is 0 Å². The van der Waals surface area contributed by atoms with E-state index in [9.17, 15) is 9.59 Å². The molecule has 0 spiro atoms. The maximum atomic E-state index is 11.8. The highest BCUT2D eigenvalue weighted by Gasteiger charge is 2.21. The van der Waals surface area contributed by atoms with Crippen molar-refractivity contribution in [2.24, 2.45) is 7.05 Å². The minimum absolute atomic E-state index is 0.0434. The summed E-state index contributed by atoms with van der Waals surface area (Å²) >= 11 is 0. The summed E-state index contributed by atoms with van der Waals surface area (Å²) in [5.41, 5.74) is 0.918. The number of nitrogens with zero attached hydrogens (tertiary/aromatic N) is 2. The highest BCUT2D eigenvalue weighted by Crippen LogP contribution is 2.22. The molecule has 0 unspecified atom stereocenters. The number of ether oxygens (including phenoxy) is 1. The number of Topliss-reactive ketones (excluding diaryl/α,β-unsaturated/α-hetero) is 1. The average molecular weight is 226 g/mol. The standard InChI is InChI=1S/C10H14N2O4/c1-6-9(7(13)4-5-8(14)15)10(16-3)12(2)11-6/h4-5H2,1-3H3,(H,14,15). The van der Waals surface area contributed by atoms with Crippen molar-refractivity contribution < 1.29 is 19.4 Å². The summed E-state index contributed by atoms with van der Waals surface area (Å²) in [6.07, 6.45) is -0.228. The van der Waals surface area contributed by atoms with Gasteiger partial charge in [0.05, 0.1) is 19.2 Å². The lowest BCUT2D eigenvalue weighted by molar-refractivity contribution is -0.136. The van der Waals surface area contributed by atoms with Gasteiger partial charge in [-0.25, -0.2) is 4.68 Å². The van der Waals surface area contributed by atoms with E-state index in [0.29, 0.717) is 17.1 Å². The van der Waals surface area contributed by atoms with Crippen LogP contribution in [0.2, 0.25) is 0 Å². The molecule has 0 aliphatic rings. The van der Waals surface area contributed by atoms with Gasteiger partial charge in [0.25, 0.3) is 0 Å². The van der Waals surface area contributed by atoms with E-state index in [4.69, 9.17) is 9.84 Å². The van der Waals surface area contributed by atoms with Gasteiger partial charge < -0.3 is 9.84 Å². The highest BCUT2D eigenvalue weighted by molar-refractivity contribution is 6.00. The first-order chi connectivity index (χ1) is 7.47. The summed E-state index contributed by atoms with van der Waals surface area (Å²) in [6.45, 7) is 1.69. The Balaban J connectivity index is 2.94. The number of hydrogen-bond acceptors (Lipinski definition) is 4. The molecule has 1 N–H and O–H groups in total. The number of ketones is 1. The molecule has 1 aromatic heterocycles. The summed E-state index contributed by atoms with van der Waals surface area (Å²) in [5, 5.41) is 12.6. The first-order valence-corrected chi connectivity index (χ1v) is 4.80. The third kappa shape index (κ3) is 2.39. The number of rotatable bonds is 5. The Labute approximate surface area is 92.8 Å². The van der Waals surface area contributed by atoms with Crippen molar-refractivity contribution in [3.8, 4) is 5.88 Å². The lowest BCUT2D eigenvalue weighted by atomic mass is 10.1. The molecule has 0 saturated carbocycles. The van der Waals surface area contributed by atoms with Crippen molar-refractivity contribution >= 4 is 11.8 Å². The molecule has 16 heavy (non-hydrogen) atoms. The Hall–Kier alpha value is -1.85. The van der Waals surface area contributed by atoms with Gasteiger partial charge in [-0.1, -0.05) is 0 Å². The fourth-order valence-electron chi connectivity index (χ4n) is 1.54. The average Bonchev–Trinajstić information content (AvgIpc) is 2.49. The van der Waals surface area contributed by atoms with Gasteiger partial charge in [0.15, 0.2) is 5.78 Å². The number of aryl methyl sites for hydroxylation is 2. The van der Waals surface area contributed by atoms with E-state index in [0.717, 1.165) is 0 Å². The third-order valence-corrected chi connectivity index (χ3v) is 2.21. The van der Waals surface area contributed by atoms with E-state index in [1.54, 1.807) is 14.0 Å². The first kappa shape index (κ1) is 12.2. The van der Waals surface area contributed by atoms with Crippen LogP contribution in [0, 0.1) is 6.92 Å². The number of aliphatic carboxylic acids is 1. The van der Waals surface area contributed by atoms with Gasteiger partial charge in [-0.05, 0) is 6.92 Å². The Morgan fingerprint density at radius 1 is 1.44 bits per heavy atom. The van der Waals surface area contributed by atoms with Gasteiger partial charge in [-0.3, -0.25) is 9.59 Å². The quantitative estimate of drug-likeness (QED) is 0.750. The molecule has 0 aliphatic heterocycles. The second kappa shape index (κ2) is 4.78. The molecule has 1 heterocycles. The summed E-state index contributed by atoms with van der Waals surface area (Å²) < 4.78 is 6.52. The number of carbonyl (C=O) groups is 2. The van der Waals surface area contributed by atoms with Crippen molar-refractivity contribution in [2.45, 2.75) is 19.8 Å². The smallest absolute Gasteiger partial charge is 0.303 e. The number of methoxy groups -OCH3 is 1. The van der Waals surface area contributed by atoms with Gasteiger partial charge in [0.2, 0.25) is 5.88 Å². The van der Waals surface area contributed by atoms with Gasteiger partial charge in [0, 0.05) is 13.5 Å². The van der Waals surface area contributed by atoms with Gasteiger partial charge in [0.1, 0.15) is 5.56 Å². The SMILES string of the molecule is COc1c(C(=O)CCC(=O)O)c(C)nn1C. The van der Waals surface area contributed by atoms with Crippen molar-refractivity contribution in [1.82, 2.24) is 9.78 Å². The molecule has 0 bridgehead atoms. The van der Waals surface area contributed by atoms with E-state index in [1.807, 2.05) is 0 Å². The van der Waals surface area contributed by atoms with Crippen molar-refractivity contribution in [1.29, 1.82) is 0 Å². The van der Waals surface area contributed by atoms with E-state index in [-0.39, 0.29) is 18.6 Å². The molecule has 6 heteroatoms. The molecule has 0 aliphatic carbocycles. The van der Waals surface area contributed by atoms with Gasteiger partial charge in [-0.2, -0.15) is 5.10 Å². The van der Waals surface area contributed by atoms with Crippen LogP contribution in [0.4, 0.5) is 0 Å². The molecule has 6 nitrogen and oxygen atoms in total. The summed E-state index contributed by atoms with van der Waals surface area (Å²) in [5.74, 6) is -0.883. The van der Waals surface area contributed by atoms with E-state index in [1.165, 1.54) is 11.8 Å². The van der Waals surface area contributed by atoms with Crippen molar-refractivity contribution in [2.75, 3.05) is 7.11 Å². The topological polar surface area (TPSA) is 81.4 Å². The van der Waals surface area contributed by atoms with Gasteiger partial charge >= 0.3 is 5.97 Å². The molecular formula is C10H14N2O4. The monoisotopic (exact) mass is 226 g/mol. The van der Waals surface area contributed by atoms with E-state index in [2.05, 4.69) is 5.10 Å². The summed E-state index contributed by atoms with van der Waals surface area (Å²) in [4.78, 5) is 22.1. The van der Waals surface area contributed by atoms with Crippen LogP contribution in [0.5, 0.6) is 5.88 Å². The lowest BCUT2D eigenvalue weighted by Crippen LogP contribution is -2.06. The maximum Gasteiger partial charge on any atom is 0.303 e. The number of carboxylic acids is 1. The maximum absolute atomic E-state index is 11.8. The lowest BCUT2D eigenvalue weighted by Gasteiger charge is -2.03. The highest BCUT2D eigenvalue weighted by atomic mass is 16.5. The predicted molar refractivity (Wildman–Crippen MR) is 55.7 cm³/mol. The molecule has 1 aromatic rings. The minimum atomic E-state index is -0.992. The van der Waals surface area contributed by atoms with Crippen LogP contribution in [0.25, 0.3) is 0 Å². The normalized spacial score (nSPS) is 10.2. The molecule has 0 aromatic carbocycles. The van der Waals surface area contributed by atoms with E-state index >= 15 is 0 Å². The van der Waals surface area contributed by atoms with Crippen LogP contribution in [-0.2, 0) is 11.8 Å². The van der Waals surface area contributed by atoms with Crippen molar-refractivity contribution in [3.05, 3.63) is 11.3 Å². The first-order valence-electron chi connectivity index (χ1n) is 4.80. The zero-order chi connectivity index (χ0) is 12.3. The number of carbonyl (C=O) groups excluding carboxylic acids is 1. The van der Waals surface area contributed by atoms with Crippen LogP contribution in [-0.4, -0.2) is 33.7 Å². The number of carboxylic acid groups (broad SMARTS) is 1. The zero-order valence-corrected chi connectivity index (χ0v) is 9.48. The molecule has 0 saturated heterocycles. The zero-order valence-electron chi connectivity index (χ0n) is 9.48. The molecule has 0 fully saturated rings. The fraction of sp³-hybridized carbons (Fsp3) is 0.500. The van der Waals surface area contributed by atoms with Crippen molar-refractivity contribution in [3.63, 3.8) is 0 Å². The number of hydrogen-bond donors (Lipinski definition) is 1. The fourth-order valence-corrected chi connectivity index (χ4v) is 1.54. The van der Waals surface area contributed by atoms with Gasteiger partial charge in [-0.15, -0.1) is 0 Å². The minimum Gasteiger partial charge on any atom is -0.481 e.